The van der Waals surface area contributed by atoms with Crippen LogP contribution in [-0.4, -0.2) is 96.1 Å². The standard InChI is InChI=1S/C33H52N4O3.C4H4O4/c1-28(2)34-26-31(38)27-40-32-19-17-29(18-20-32)35-33(39)16-12-7-5-3-4-6-8-13-21-36-22-24-37(25-23-36)30-14-10-9-11-15-30;5-3(6)1-2-4(7)8/h9-11,14-15,17-20,28,31,34,38H,3-8,12-13,16,21-27H2,1-2H3,(H,35,39);1-2H,(H,5,6)(H,7,8)/b;2-1-/t31-;/m1./s1. The van der Waals surface area contributed by atoms with E-state index in [0.29, 0.717) is 36.9 Å². The third kappa shape index (κ3) is 19.7. The van der Waals surface area contributed by atoms with Gasteiger partial charge in [0.15, 0.2) is 0 Å². The number of para-hydroxylation sites is 1. The summed E-state index contributed by atoms with van der Waals surface area (Å²) in [6, 6.07) is 18.4. The number of aliphatic hydroxyl groups is 1. The van der Waals surface area contributed by atoms with Crippen LogP contribution in [0.2, 0.25) is 0 Å². The first kappa shape index (κ1) is 40.2. The van der Waals surface area contributed by atoms with Crippen molar-refractivity contribution < 1.29 is 34.4 Å². The smallest absolute Gasteiger partial charge is 0.328 e. The van der Waals surface area contributed by atoms with Crippen molar-refractivity contribution in [2.24, 2.45) is 0 Å². The number of unbranched alkanes of at least 4 members (excludes halogenated alkanes) is 7. The predicted molar refractivity (Wildman–Crippen MR) is 191 cm³/mol. The van der Waals surface area contributed by atoms with Crippen molar-refractivity contribution in [3.8, 4) is 5.75 Å². The van der Waals surface area contributed by atoms with Gasteiger partial charge in [-0.2, -0.15) is 0 Å². The molecule has 1 saturated heterocycles. The van der Waals surface area contributed by atoms with E-state index in [2.05, 4.69) is 50.8 Å². The van der Waals surface area contributed by atoms with Crippen LogP contribution >= 0.6 is 0 Å². The second kappa shape index (κ2) is 24.2. The van der Waals surface area contributed by atoms with Gasteiger partial charge in [0.2, 0.25) is 5.91 Å². The fourth-order valence-electron chi connectivity index (χ4n) is 5.17. The number of nitrogens with one attached hydrogen (secondary N) is 2. The van der Waals surface area contributed by atoms with E-state index in [1.54, 1.807) is 0 Å². The first-order valence-electron chi connectivity index (χ1n) is 17.2. The summed E-state index contributed by atoms with van der Waals surface area (Å²) < 4.78 is 5.63. The number of hydrogen-bond donors (Lipinski definition) is 5. The zero-order valence-corrected chi connectivity index (χ0v) is 28.7. The summed E-state index contributed by atoms with van der Waals surface area (Å²) in [5, 5.41) is 31.7. The second-order valence-electron chi connectivity index (χ2n) is 12.4. The molecule has 266 valence electrons. The summed E-state index contributed by atoms with van der Waals surface area (Å²) in [4.78, 5) is 36.5. The van der Waals surface area contributed by atoms with Gasteiger partial charge in [-0.1, -0.05) is 70.6 Å². The normalized spacial score (nSPS) is 14.0. The molecule has 1 fully saturated rings. The number of rotatable bonds is 21. The molecule has 1 atom stereocenters. The van der Waals surface area contributed by atoms with Crippen molar-refractivity contribution in [3.05, 3.63) is 66.7 Å². The van der Waals surface area contributed by atoms with Crippen molar-refractivity contribution in [2.75, 3.05) is 56.1 Å². The number of hydrogen-bond acceptors (Lipinski definition) is 8. The third-order valence-electron chi connectivity index (χ3n) is 7.83. The molecule has 0 spiro atoms. The Morgan fingerprint density at radius 3 is 1.92 bits per heavy atom. The van der Waals surface area contributed by atoms with E-state index < -0.39 is 18.0 Å². The van der Waals surface area contributed by atoms with Gasteiger partial charge in [0.1, 0.15) is 18.5 Å². The minimum absolute atomic E-state index is 0.0634. The molecule has 5 N–H and O–H groups in total. The zero-order chi connectivity index (χ0) is 35.0. The van der Waals surface area contributed by atoms with E-state index in [9.17, 15) is 19.5 Å². The maximum absolute atomic E-state index is 12.3. The number of ether oxygens (including phenoxy) is 1. The molecule has 1 aliphatic rings. The highest BCUT2D eigenvalue weighted by Gasteiger charge is 2.16. The predicted octanol–water partition coefficient (Wildman–Crippen LogP) is 5.41. The zero-order valence-electron chi connectivity index (χ0n) is 28.7. The molecule has 0 radical (unpaired) electrons. The molecule has 11 heteroatoms. The van der Waals surface area contributed by atoms with Gasteiger partial charge in [0.05, 0.1) is 0 Å². The van der Waals surface area contributed by atoms with Crippen LogP contribution < -0.4 is 20.3 Å². The lowest BCUT2D eigenvalue weighted by molar-refractivity contribution is -0.134. The van der Waals surface area contributed by atoms with E-state index >= 15 is 0 Å². The van der Waals surface area contributed by atoms with Crippen molar-refractivity contribution in [1.29, 1.82) is 0 Å². The van der Waals surface area contributed by atoms with Gasteiger partial charge in [-0.15, -0.1) is 0 Å². The quantitative estimate of drug-likeness (QED) is 0.0863. The number of aliphatic hydroxyl groups excluding tert-OH is 1. The van der Waals surface area contributed by atoms with E-state index in [-0.39, 0.29) is 12.5 Å². The highest BCUT2D eigenvalue weighted by atomic mass is 16.5. The van der Waals surface area contributed by atoms with Crippen molar-refractivity contribution >= 4 is 29.2 Å². The summed E-state index contributed by atoms with van der Waals surface area (Å²) >= 11 is 0. The Morgan fingerprint density at radius 1 is 0.792 bits per heavy atom. The van der Waals surface area contributed by atoms with Crippen molar-refractivity contribution in [3.63, 3.8) is 0 Å². The van der Waals surface area contributed by atoms with Crippen LogP contribution in [0, 0.1) is 0 Å². The number of piperazine rings is 1. The number of carbonyl (C=O) groups excluding carboxylic acids is 1. The van der Waals surface area contributed by atoms with Crippen LogP contribution in [0.4, 0.5) is 11.4 Å². The number of amides is 1. The average Bonchev–Trinajstić information content (AvgIpc) is 3.08. The topological polar surface area (TPSA) is 152 Å². The number of benzene rings is 2. The minimum Gasteiger partial charge on any atom is -0.491 e. The molecule has 1 amide bonds. The summed E-state index contributed by atoms with van der Waals surface area (Å²) in [6.45, 7) is 10.6. The van der Waals surface area contributed by atoms with E-state index in [1.807, 2.05) is 38.1 Å². The molecule has 3 rings (SSSR count). The number of nitrogens with zero attached hydrogens (tertiary/aromatic N) is 2. The Kier molecular flexibility index (Phi) is 20.3. The van der Waals surface area contributed by atoms with Crippen molar-refractivity contribution in [1.82, 2.24) is 10.2 Å². The lowest BCUT2D eigenvalue weighted by atomic mass is 10.1. The number of aliphatic carboxylic acids is 2. The van der Waals surface area contributed by atoms with Crippen LogP contribution in [-0.2, 0) is 14.4 Å². The van der Waals surface area contributed by atoms with Gasteiger partial charge in [-0.3, -0.25) is 9.69 Å². The Morgan fingerprint density at radius 2 is 1.35 bits per heavy atom. The molecule has 2 aromatic rings. The molecular weight excluding hydrogens is 612 g/mol. The number of carboxylic acid groups (broad SMARTS) is 2. The number of carbonyl (C=O) groups is 3. The monoisotopic (exact) mass is 668 g/mol. The molecule has 0 aliphatic carbocycles. The first-order valence-corrected chi connectivity index (χ1v) is 17.2. The van der Waals surface area contributed by atoms with Crippen LogP contribution in [0.15, 0.2) is 66.7 Å². The van der Waals surface area contributed by atoms with Gasteiger partial charge in [-0.05, 0) is 55.8 Å². The van der Waals surface area contributed by atoms with E-state index in [1.165, 1.54) is 63.8 Å². The molecule has 1 aliphatic heterocycles. The van der Waals surface area contributed by atoms with Crippen LogP contribution in [0.1, 0.15) is 71.6 Å². The summed E-state index contributed by atoms with van der Waals surface area (Å²) in [7, 11) is 0. The number of carboxylic acids is 2. The molecule has 2 aromatic carbocycles. The lowest BCUT2D eigenvalue weighted by Crippen LogP contribution is -2.46. The average molecular weight is 669 g/mol. The lowest BCUT2D eigenvalue weighted by Gasteiger charge is -2.36. The van der Waals surface area contributed by atoms with Gasteiger partial charge < -0.3 is 35.6 Å². The largest absolute Gasteiger partial charge is 0.491 e. The molecule has 0 saturated carbocycles. The fourth-order valence-corrected chi connectivity index (χ4v) is 5.17. The van der Waals surface area contributed by atoms with Crippen LogP contribution in [0.25, 0.3) is 0 Å². The van der Waals surface area contributed by atoms with Crippen LogP contribution in [0.5, 0.6) is 5.75 Å². The molecule has 0 bridgehead atoms. The fraction of sp³-hybridized carbons (Fsp3) is 0.541. The second-order valence-corrected chi connectivity index (χ2v) is 12.4. The van der Waals surface area contributed by atoms with Gasteiger partial charge >= 0.3 is 11.9 Å². The summed E-state index contributed by atoms with van der Waals surface area (Å²) in [5.41, 5.74) is 2.13. The summed E-state index contributed by atoms with van der Waals surface area (Å²) in [6.07, 6.45) is 10.9. The molecule has 1 heterocycles. The molecular formula is C37H56N4O7. The van der Waals surface area contributed by atoms with Gasteiger partial charge in [-0.25, -0.2) is 9.59 Å². The SMILES string of the molecule is CC(C)NC[C@@H](O)COc1ccc(NC(=O)CCCCCCCCCCN2CCN(c3ccccc3)CC2)cc1.O=C(O)/C=C\C(=O)O. The first-order chi connectivity index (χ1) is 23.1. The Balaban J connectivity index is 0.000000886. The Labute approximate surface area is 286 Å². The highest BCUT2D eigenvalue weighted by molar-refractivity contribution is 5.90. The van der Waals surface area contributed by atoms with Gasteiger partial charge in [0.25, 0.3) is 0 Å². The van der Waals surface area contributed by atoms with Crippen molar-refractivity contribution in [2.45, 2.75) is 83.8 Å². The Bertz CT molecular complexity index is 1180. The van der Waals surface area contributed by atoms with Crippen LogP contribution in [0.3, 0.4) is 0 Å². The minimum atomic E-state index is -1.26. The third-order valence-corrected chi connectivity index (χ3v) is 7.83. The van der Waals surface area contributed by atoms with Gasteiger partial charge in [0, 0.05) is 68.7 Å². The highest BCUT2D eigenvalue weighted by Crippen LogP contribution is 2.18. The Hall–Kier alpha value is -3.93. The maximum Gasteiger partial charge on any atom is 0.328 e. The summed E-state index contributed by atoms with van der Waals surface area (Å²) in [5.74, 6) is -1.77. The molecule has 0 aromatic heterocycles. The van der Waals surface area contributed by atoms with E-state index in [4.69, 9.17) is 14.9 Å². The van der Waals surface area contributed by atoms with E-state index in [0.717, 1.165) is 31.6 Å². The molecule has 48 heavy (non-hydrogen) atoms. The molecule has 0 unspecified atom stereocenters. The number of anilines is 2. The maximum atomic E-state index is 12.3. The molecule has 11 nitrogen and oxygen atoms in total.